The Kier molecular flexibility index (Phi) is 4.27. The summed E-state index contributed by atoms with van der Waals surface area (Å²) in [5.74, 6) is -0.189. The molecular formula is C21H22N6O3S. The molecule has 0 aliphatic heterocycles. The van der Waals surface area contributed by atoms with Crippen LogP contribution in [0.5, 0.6) is 0 Å². The Morgan fingerprint density at radius 1 is 1.26 bits per heavy atom. The standard InChI is InChI=1S/C21H22N6O3S/c1-20(2)7-10-8-23-19(22)25-15(10)17-14(20)16(26-27-17)11(28)6-13-24-12(9-31-13)21(4-5-21)18(29)30-3/h8-9H,4-7H2,1-3H3,(H,26,27)(H2,22,23,25). The van der Waals surface area contributed by atoms with Crippen LogP contribution in [0.2, 0.25) is 0 Å². The monoisotopic (exact) mass is 438 g/mol. The van der Waals surface area contributed by atoms with Crippen LogP contribution in [0.15, 0.2) is 11.6 Å². The number of rotatable bonds is 5. The van der Waals surface area contributed by atoms with Crippen molar-refractivity contribution in [2.45, 2.75) is 50.4 Å². The van der Waals surface area contributed by atoms with Crippen molar-refractivity contribution in [2.24, 2.45) is 0 Å². The van der Waals surface area contributed by atoms with E-state index in [1.807, 2.05) is 5.38 Å². The molecule has 10 heteroatoms. The fraction of sp³-hybridized carbons (Fsp3) is 0.429. The number of anilines is 1. The van der Waals surface area contributed by atoms with E-state index in [2.05, 4.69) is 39.0 Å². The predicted molar refractivity (Wildman–Crippen MR) is 114 cm³/mol. The van der Waals surface area contributed by atoms with Crippen molar-refractivity contribution in [3.8, 4) is 11.4 Å². The zero-order chi connectivity index (χ0) is 22.0. The summed E-state index contributed by atoms with van der Waals surface area (Å²) in [5, 5.41) is 9.87. The van der Waals surface area contributed by atoms with Gasteiger partial charge in [-0.2, -0.15) is 5.10 Å². The number of carbonyl (C=O) groups excluding carboxylic acids is 2. The van der Waals surface area contributed by atoms with E-state index in [9.17, 15) is 9.59 Å². The van der Waals surface area contributed by atoms with Crippen LogP contribution in [0.3, 0.4) is 0 Å². The Labute approximate surface area is 182 Å². The Morgan fingerprint density at radius 3 is 2.74 bits per heavy atom. The van der Waals surface area contributed by atoms with E-state index in [1.165, 1.54) is 18.4 Å². The molecule has 31 heavy (non-hydrogen) atoms. The van der Waals surface area contributed by atoms with Crippen LogP contribution in [0.25, 0.3) is 11.4 Å². The van der Waals surface area contributed by atoms with Crippen LogP contribution >= 0.6 is 11.3 Å². The molecule has 3 aromatic heterocycles. The lowest BCUT2D eigenvalue weighted by Gasteiger charge is -2.30. The minimum atomic E-state index is -0.634. The van der Waals surface area contributed by atoms with Crippen molar-refractivity contribution < 1.29 is 14.3 Å². The highest BCUT2D eigenvalue weighted by Gasteiger charge is 2.54. The summed E-state index contributed by atoms with van der Waals surface area (Å²) in [6, 6.07) is 0. The first-order chi connectivity index (χ1) is 14.7. The number of nitrogens with two attached hydrogens (primary N) is 1. The lowest BCUT2D eigenvalue weighted by Crippen LogP contribution is -2.28. The number of hydrogen-bond donors (Lipinski definition) is 2. The highest BCUT2D eigenvalue weighted by molar-refractivity contribution is 7.09. The highest BCUT2D eigenvalue weighted by Crippen LogP contribution is 2.49. The molecule has 3 heterocycles. The first-order valence-electron chi connectivity index (χ1n) is 10.0. The maximum absolute atomic E-state index is 13.2. The van der Waals surface area contributed by atoms with Crippen LogP contribution in [0.4, 0.5) is 5.95 Å². The second kappa shape index (κ2) is 6.68. The molecular weight excluding hydrogens is 416 g/mol. The number of nitrogens with one attached hydrogen (secondary N) is 1. The number of hydrogen-bond acceptors (Lipinski definition) is 9. The zero-order valence-corrected chi connectivity index (χ0v) is 18.3. The molecule has 1 fully saturated rings. The third kappa shape index (κ3) is 3.04. The molecule has 0 unspecified atom stereocenters. The Bertz CT molecular complexity index is 1220. The van der Waals surface area contributed by atoms with E-state index in [4.69, 9.17) is 10.5 Å². The van der Waals surface area contributed by atoms with Gasteiger partial charge in [-0.25, -0.2) is 15.0 Å². The number of nitrogen functional groups attached to an aromatic ring is 1. The predicted octanol–water partition coefficient (Wildman–Crippen LogP) is 2.37. The number of methoxy groups -OCH3 is 1. The Balaban J connectivity index is 1.46. The maximum Gasteiger partial charge on any atom is 0.317 e. The molecule has 2 aliphatic rings. The molecule has 2 aliphatic carbocycles. The number of H-pyrrole nitrogens is 1. The molecule has 0 bridgehead atoms. The quantitative estimate of drug-likeness (QED) is 0.457. The average molecular weight is 439 g/mol. The van der Waals surface area contributed by atoms with Gasteiger partial charge in [-0.15, -0.1) is 11.3 Å². The summed E-state index contributed by atoms with van der Waals surface area (Å²) in [6.45, 7) is 4.15. The van der Waals surface area contributed by atoms with E-state index < -0.39 is 5.41 Å². The summed E-state index contributed by atoms with van der Waals surface area (Å²) >= 11 is 1.39. The van der Waals surface area contributed by atoms with E-state index in [0.717, 1.165) is 24.0 Å². The van der Waals surface area contributed by atoms with Gasteiger partial charge in [0.15, 0.2) is 5.78 Å². The zero-order valence-electron chi connectivity index (χ0n) is 17.5. The number of aromatic nitrogens is 5. The highest BCUT2D eigenvalue weighted by atomic mass is 32.1. The first kappa shape index (κ1) is 19.8. The van der Waals surface area contributed by atoms with Gasteiger partial charge in [0.1, 0.15) is 21.8 Å². The van der Waals surface area contributed by atoms with Gasteiger partial charge in [0.2, 0.25) is 5.95 Å². The maximum atomic E-state index is 13.2. The number of thiazole rings is 1. The van der Waals surface area contributed by atoms with Crippen LogP contribution in [-0.4, -0.2) is 44.0 Å². The van der Waals surface area contributed by atoms with Crippen molar-refractivity contribution in [3.05, 3.63) is 39.1 Å². The molecule has 160 valence electrons. The van der Waals surface area contributed by atoms with Gasteiger partial charge in [-0.1, -0.05) is 13.8 Å². The van der Waals surface area contributed by atoms with Gasteiger partial charge in [-0.3, -0.25) is 14.7 Å². The van der Waals surface area contributed by atoms with Gasteiger partial charge < -0.3 is 10.5 Å². The van der Waals surface area contributed by atoms with E-state index >= 15 is 0 Å². The lowest BCUT2D eigenvalue weighted by molar-refractivity contribution is -0.143. The van der Waals surface area contributed by atoms with Gasteiger partial charge in [0.25, 0.3) is 0 Å². The number of fused-ring (bicyclic) bond motifs is 3. The molecule has 0 atom stereocenters. The van der Waals surface area contributed by atoms with Gasteiger partial charge in [-0.05, 0) is 30.2 Å². The summed E-state index contributed by atoms with van der Waals surface area (Å²) in [6.07, 6.45) is 3.99. The largest absolute Gasteiger partial charge is 0.468 e. The minimum absolute atomic E-state index is 0.101. The van der Waals surface area contributed by atoms with Crippen LogP contribution < -0.4 is 5.73 Å². The normalized spacial score (nSPS) is 17.5. The number of esters is 1. The van der Waals surface area contributed by atoms with E-state index in [1.54, 1.807) is 6.20 Å². The van der Waals surface area contributed by atoms with Gasteiger partial charge in [0, 0.05) is 17.1 Å². The van der Waals surface area contributed by atoms with Crippen molar-refractivity contribution in [2.75, 3.05) is 12.8 Å². The van der Waals surface area contributed by atoms with Crippen molar-refractivity contribution in [1.82, 2.24) is 25.1 Å². The van der Waals surface area contributed by atoms with Crippen LogP contribution in [-0.2, 0) is 33.2 Å². The minimum Gasteiger partial charge on any atom is -0.468 e. The Hall–Kier alpha value is -3.14. The lowest BCUT2D eigenvalue weighted by atomic mass is 9.73. The van der Waals surface area contributed by atoms with Crippen molar-refractivity contribution >= 4 is 29.0 Å². The van der Waals surface area contributed by atoms with E-state index in [-0.39, 0.29) is 29.5 Å². The summed E-state index contributed by atoms with van der Waals surface area (Å²) in [5.41, 5.74) is 9.10. The molecule has 9 nitrogen and oxygen atoms in total. The van der Waals surface area contributed by atoms with Crippen LogP contribution in [0.1, 0.15) is 59.0 Å². The first-order valence-corrected chi connectivity index (χ1v) is 10.9. The summed E-state index contributed by atoms with van der Waals surface area (Å²) in [4.78, 5) is 38.4. The van der Waals surface area contributed by atoms with Crippen molar-refractivity contribution in [1.29, 1.82) is 0 Å². The Morgan fingerprint density at radius 2 is 2.03 bits per heavy atom. The van der Waals surface area contributed by atoms with E-state index in [0.29, 0.717) is 34.2 Å². The second-order valence-electron chi connectivity index (χ2n) is 8.79. The SMILES string of the molecule is COC(=O)C1(c2csc(CC(=O)c3[nH]nc4c3C(C)(C)Cc3cnc(N)nc3-4)n2)CC1. The van der Waals surface area contributed by atoms with Crippen LogP contribution in [0, 0.1) is 0 Å². The number of ether oxygens (including phenoxy) is 1. The molecule has 3 N–H and O–H groups in total. The molecule has 0 radical (unpaired) electrons. The molecule has 0 spiro atoms. The second-order valence-corrected chi connectivity index (χ2v) is 9.73. The number of Topliss-reactive ketones (excluding diaryl/α,β-unsaturated/α-hetero) is 1. The molecule has 5 rings (SSSR count). The fourth-order valence-electron chi connectivity index (χ4n) is 4.42. The summed E-state index contributed by atoms with van der Waals surface area (Å²) in [7, 11) is 1.39. The number of carbonyl (C=O) groups is 2. The summed E-state index contributed by atoms with van der Waals surface area (Å²) < 4.78 is 4.93. The molecule has 0 aromatic carbocycles. The molecule has 0 saturated heterocycles. The molecule has 1 saturated carbocycles. The third-order valence-corrected chi connectivity index (χ3v) is 6.99. The number of nitrogens with zero attached hydrogens (tertiary/aromatic N) is 4. The third-order valence-electron chi connectivity index (χ3n) is 6.14. The average Bonchev–Trinajstić information content (AvgIpc) is 3.18. The van der Waals surface area contributed by atoms with Gasteiger partial charge >= 0.3 is 5.97 Å². The number of ketones is 1. The number of aromatic amines is 1. The smallest absolute Gasteiger partial charge is 0.317 e. The molecule has 3 aromatic rings. The topological polar surface area (TPSA) is 137 Å². The molecule has 0 amide bonds. The van der Waals surface area contributed by atoms with Crippen molar-refractivity contribution in [3.63, 3.8) is 0 Å². The fourth-order valence-corrected chi connectivity index (χ4v) is 5.31. The van der Waals surface area contributed by atoms with Gasteiger partial charge in [0.05, 0.1) is 24.9 Å².